The number of hydrogen-bond donors (Lipinski definition) is 1. The minimum Gasteiger partial charge on any atom is -0.512 e. The van der Waals surface area contributed by atoms with Gasteiger partial charge in [0, 0.05) is 70.0 Å². The van der Waals surface area contributed by atoms with E-state index < -0.39 is 0 Å². The maximum absolute atomic E-state index is 12.2. The third kappa shape index (κ3) is 8.11. The van der Waals surface area contributed by atoms with Crippen molar-refractivity contribution in [3.05, 3.63) is 70.8 Å². The molecule has 52 heavy (non-hydrogen) atoms. The van der Waals surface area contributed by atoms with Crippen molar-refractivity contribution >= 4 is 69.8 Å². The van der Waals surface area contributed by atoms with Crippen LogP contribution in [0.2, 0.25) is 0 Å². The smallest absolute Gasteiger partial charge is 0.164 e. The number of carbonyl (C=O) groups excluding carboxylic acids is 1. The molecule has 0 saturated carbocycles. The molecule has 0 atom stereocenters. The molecule has 2 aromatic carbocycles. The quantitative estimate of drug-likeness (QED) is 0.0842. The minimum atomic E-state index is -0.337. The fraction of sp³-hybridized carbons (Fsp3) is 0.477. The Labute approximate surface area is 331 Å². The van der Waals surface area contributed by atoms with E-state index in [1.165, 1.54) is 32.0 Å². The Morgan fingerprint density at radius 2 is 1.62 bits per heavy atom. The molecule has 0 spiro atoms. The number of fused-ring (bicyclic) bond motifs is 5. The first-order valence-electron chi connectivity index (χ1n) is 18.5. The molecule has 281 valence electrons. The molecule has 0 aliphatic rings. The monoisotopic (exact) mass is 916 g/mol. The molecule has 1 N–H and O–H groups in total. The Balaban J connectivity index is 0.000000289. The van der Waals surface area contributed by atoms with Crippen molar-refractivity contribution in [2.45, 2.75) is 121 Å². The van der Waals surface area contributed by atoms with Gasteiger partial charge in [-0.05, 0) is 71.7 Å². The van der Waals surface area contributed by atoms with Crippen LogP contribution in [0.4, 0.5) is 0 Å². The predicted octanol–water partition coefficient (Wildman–Crippen LogP) is 13.7. The van der Waals surface area contributed by atoms with Crippen LogP contribution in [-0.2, 0) is 36.7 Å². The van der Waals surface area contributed by atoms with Gasteiger partial charge in [0.25, 0.3) is 0 Å². The molecule has 1 radical (unpaired) electrons. The van der Waals surface area contributed by atoms with Gasteiger partial charge in [-0.1, -0.05) is 87.3 Å². The molecule has 6 aromatic rings. The van der Waals surface area contributed by atoms with E-state index in [1.807, 2.05) is 41.5 Å². The summed E-state index contributed by atoms with van der Waals surface area (Å²) in [5.41, 5.74) is 4.93. The number of hydrogen-bond acceptors (Lipinski definition) is 7. The number of aromatic nitrogens is 2. The van der Waals surface area contributed by atoms with Crippen LogP contribution in [-0.4, -0.2) is 20.9 Å². The van der Waals surface area contributed by atoms with E-state index in [-0.39, 0.29) is 47.9 Å². The first kappa shape index (κ1) is 41.8. The molecule has 6 rings (SSSR count). The van der Waals surface area contributed by atoms with E-state index in [1.54, 1.807) is 29.0 Å². The van der Waals surface area contributed by atoms with Gasteiger partial charge in [0.05, 0.1) is 0 Å². The second-order valence-electron chi connectivity index (χ2n) is 16.0. The molecule has 0 saturated heterocycles. The summed E-state index contributed by atoms with van der Waals surface area (Å²) in [5, 5.41) is 16.9. The van der Waals surface area contributed by atoms with Crippen molar-refractivity contribution in [1.82, 2.24) is 9.97 Å². The normalized spacial score (nSPS) is 12.9. The third-order valence-electron chi connectivity index (χ3n) is 11.2. The summed E-state index contributed by atoms with van der Waals surface area (Å²) in [5.74, 6) is 1.93. The van der Waals surface area contributed by atoms with Gasteiger partial charge in [0.2, 0.25) is 0 Å². The van der Waals surface area contributed by atoms with Gasteiger partial charge in [0.15, 0.2) is 5.78 Å². The molecular formula is C44H55IrN2O3S2-. The fourth-order valence-corrected chi connectivity index (χ4v) is 8.66. The zero-order chi connectivity index (χ0) is 37.5. The van der Waals surface area contributed by atoms with E-state index in [0.717, 1.165) is 75.7 Å². The van der Waals surface area contributed by atoms with E-state index in [2.05, 4.69) is 82.2 Å². The summed E-state index contributed by atoms with van der Waals surface area (Å²) in [4.78, 5) is 22.6. The summed E-state index contributed by atoms with van der Waals surface area (Å²) in [6, 6.07) is 12.6. The van der Waals surface area contributed by atoms with Crippen molar-refractivity contribution in [2.24, 2.45) is 16.7 Å². The molecule has 0 fully saturated rings. The third-order valence-corrected chi connectivity index (χ3v) is 13.2. The van der Waals surface area contributed by atoms with Crippen LogP contribution >= 0.6 is 22.7 Å². The average Bonchev–Trinajstić information content (AvgIpc) is 3.80. The van der Waals surface area contributed by atoms with Gasteiger partial charge in [-0.2, -0.15) is 11.3 Å². The Morgan fingerprint density at radius 1 is 0.962 bits per heavy atom. The van der Waals surface area contributed by atoms with Crippen molar-refractivity contribution in [3.8, 4) is 11.3 Å². The standard InChI is InChI=1S/C29H27N2OS2.C15H28O2.Ir/c1-15(2)9-22-16(3)19-13-24-20(12-23(19)32-22)25-26(30-14-31-28(25)34-24)18-10-17-7-8-33-27(17)21(11-18)29(4,5)6;1-7-14(5,8-2)12(16)11-13(17)15(6,9-3)10-4;/h7-8,11-15H,9H2,1-6H3;11,16H,7-10H2,1-6H3;/q-1;;/b;12-11-;. The topological polar surface area (TPSA) is 76.2 Å². The summed E-state index contributed by atoms with van der Waals surface area (Å²) < 4.78 is 8.88. The number of ketones is 1. The Kier molecular flexibility index (Phi) is 13.1. The average molecular weight is 916 g/mol. The van der Waals surface area contributed by atoms with Gasteiger partial charge in [-0.25, -0.2) is 4.98 Å². The second kappa shape index (κ2) is 16.2. The maximum atomic E-state index is 12.2. The number of carbonyl (C=O) groups is 1. The molecule has 0 unspecified atom stereocenters. The molecule has 4 aromatic heterocycles. The van der Waals surface area contributed by atoms with E-state index >= 15 is 0 Å². The van der Waals surface area contributed by atoms with Crippen molar-refractivity contribution in [3.63, 3.8) is 0 Å². The number of nitrogens with zero attached hydrogens (tertiary/aromatic N) is 2. The van der Waals surface area contributed by atoms with E-state index in [9.17, 15) is 9.90 Å². The molecule has 8 heteroatoms. The molecule has 0 amide bonds. The zero-order valence-electron chi connectivity index (χ0n) is 33.0. The van der Waals surface area contributed by atoms with E-state index in [0.29, 0.717) is 5.92 Å². The number of benzene rings is 2. The predicted molar refractivity (Wildman–Crippen MR) is 219 cm³/mol. The van der Waals surface area contributed by atoms with Gasteiger partial charge >= 0.3 is 0 Å². The van der Waals surface area contributed by atoms with Gasteiger partial charge in [-0.15, -0.1) is 34.9 Å². The fourth-order valence-electron chi connectivity index (χ4n) is 6.52. The van der Waals surface area contributed by atoms with Crippen molar-refractivity contribution < 1.29 is 34.4 Å². The van der Waals surface area contributed by atoms with Crippen LogP contribution in [0, 0.1) is 29.7 Å². The molecule has 4 heterocycles. The summed E-state index contributed by atoms with van der Waals surface area (Å²) in [7, 11) is 0. The summed E-state index contributed by atoms with van der Waals surface area (Å²) in [6.07, 6.45) is 7.39. The van der Waals surface area contributed by atoms with Gasteiger partial charge in [0.1, 0.15) is 28.3 Å². The number of rotatable bonds is 10. The first-order chi connectivity index (χ1) is 24.0. The van der Waals surface area contributed by atoms with Crippen molar-refractivity contribution in [2.75, 3.05) is 0 Å². The minimum absolute atomic E-state index is 0. The first-order valence-corrected chi connectivity index (χ1v) is 20.2. The van der Waals surface area contributed by atoms with Crippen LogP contribution in [0.1, 0.15) is 119 Å². The SMILES string of the molecule is CCC(C)(CC)C(=O)/C=C(\O)C(C)(CC)CC.Cc1c(CC(C)C)oc2cc3c(cc12)sc1ncnc(-c2[c-]c4ccsc4c(C(C)(C)C)c2)c13.[Ir]. The largest absolute Gasteiger partial charge is 0.512 e. The van der Waals surface area contributed by atoms with E-state index in [4.69, 9.17) is 9.40 Å². The number of aliphatic hydroxyl groups is 1. The van der Waals surface area contributed by atoms with Crippen LogP contribution in [0.25, 0.3) is 52.6 Å². The summed E-state index contributed by atoms with van der Waals surface area (Å²) >= 11 is 3.51. The number of thiophene rings is 2. The van der Waals surface area contributed by atoms with Crippen LogP contribution in [0.5, 0.6) is 0 Å². The molecule has 0 aliphatic carbocycles. The van der Waals surface area contributed by atoms with Crippen molar-refractivity contribution in [1.29, 1.82) is 0 Å². The van der Waals surface area contributed by atoms with Crippen LogP contribution < -0.4 is 0 Å². The number of aryl methyl sites for hydroxylation is 1. The van der Waals surface area contributed by atoms with Crippen LogP contribution in [0.15, 0.2) is 52.2 Å². The van der Waals surface area contributed by atoms with Gasteiger partial charge < -0.3 is 9.52 Å². The number of aliphatic hydroxyl groups excluding tert-OH is 1. The molecular weight excluding hydrogens is 861 g/mol. The zero-order valence-corrected chi connectivity index (χ0v) is 37.0. The molecule has 5 nitrogen and oxygen atoms in total. The molecule has 0 bridgehead atoms. The maximum Gasteiger partial charge on any atom is 0.164 e. The second-order valence-corrected chi connectivity index (χ2v) is 18.0. The number of furan rings is 1. The van der Waals surface area contributed by atoms with Crippen LogP contribution in [0.3, 0.4) is 0 Å². The van der Waals surface area contributed by atoms with Gasteiger partial charge in [-0.3, -0.25) is 9.78 Å². The molecule has 0 aliphatic heterocycles. The Hall–Kier alpha value is -2.90. The summed E-state index contributed by atoms with van der Waals surface area (Å²) in [6.45, 7) is 25.5. The Morgan fingerprint density at radius 3 is 2.21 bits per heavy atom. The number of allylic oxidation sites excluding steroid dienone is 2. The Bertz CT molecular complexity index is 2220.